The van der Waals surface area contributed by atoms with Crippen LogP contribution < -0.4 is 0 Å². The van der Waals surface area contributed by atoms with Crippen molar-refractivity contribution in [3.05, 3.63) is 36.0 Å². The monoisotopic (exact) mass is 226 g/mol. The molecule has 1 aromatic carbocycles. The molecule has 2 aromatic rings. The van der Waals surface area contributed by atoms with Gasteiger partial charge in [-0.1, -0.05) is 32.0 Å². The molecule has 0 aliphatic heterocycles. The fraction of sp³-hybridized carbons (Fsp3) is 0.286. The van der Waals surface area contributed by atoms with Crippen LogP contribution in [0, 0.1) is 23.2 Å². The lowest BCUT2D eigenvalue weighted by Crippen LogP contribution is -2.18. The Morgan fingerprint density at radius 3 is 2.71 bits per heavy atom. The quantitative estimate of drug-likeness (QED) is 0.817. The SMILES string of the molecule is CC(C)C(C#N)C(=O)c1c[nH]c2ccccc12. The molecule has 1 N–H and O–H groups in total. The number of fused-ring (bicyclic) bond motifs is 1. The lowest BCUT2D eigenvalue weighted by molar-refractivity contribution is 0.0926. The van der Waals surface area contributed by atoms with Crippen molar-refractivity contribution in [2.45, 2.75) is 13.8 Å². The van der Waals surface area contributed by atoms with E-state index in [2.05, 4.69) is 11.1 Å². The van der Waals surface area contributed by atoms with Crippen LogP contribution in [0.1, 0.15) is 24.2 Å². The van der Waals surface area contributed by atoms with Gasteiger partial charge in [0, 0.05) is 22.7 Å². The predicted molar refractivity (Wildman–Crippen MR) is 66.6 cm³/mol. The summed E-state index contributed by atoms with van der Waals surface area (Å²) in [5, 5.41) is 9.94. The van der Waals surface area contributed by atoms with Crippen LogP contribution in [0.2, 0.25) is 0 Å². The van der Waals surface area contributed by atoms with Crippen molar-refractivity contribution in [2.24, 2.45) is 11.8 Å². The van der Waals surface area contributed by atoms with Crippen LogP contribution in [-0.2, 0) is 0 Å². The standard InChI is InChI=1S/C14H14N2O/c1-9(2)11(7-15)14(17)12-8-16-13-6-4-3-5-10(12)13/h3-6,8-9,11,16H,1-2H3. The molecule has 2 rings (SSSR count). The minimum Gasteiger partial charge on any atom is -0.360 e. The first kappa shape index (κ1) is 11.4. The summed E-state index contributed by atoms with van der Waals surface area (Å²) in [6.07, 6.45) is 1.69. The normalized spacial score (nSPS) is 12.6. The zero-order valence-electron chi connectivity index (χ0n) is 9.90. The number of aromatic nitrogens is 1. The minimum atomic E-state index is -0.575. The molecule has 0 aliphatic carbocycles. The fourth-order valence-corrected chi connectivity index (χ4v) is 1.95. The van der Waals surface area contributed by atoms with Crippen molar-refractivity contribution in [2.75, 3.05) is 0 Å². The third-order valence-electron chi connectivity index (χ3n) is 2.94. The van der Waals surface area contributed by atoms with E-state index in [0.717, 1.165) is 10.9 Å². The molecule has 0 fully saturated rings. The Morgan fingerprint density at radius 1 is 1.35 bits per heavy atom. The van der Waals surface area contributed by atoms with Crippen molar-refractivity contribution in [1.82, 2.24) is 4.98 Å². The number of rotatable bonds is 3. The first-order valence-electron chi connectivity index (χ1n) is 5.65. The van der Waals surface area contributed by atoms with Crippen molar-refractivity contribution in [3.8, 4) is 6.07 Å². The number of aromatic amines is 1. The molecule has 17 heavy (non-hydrogen) atoms. The van der Waals surface area contributed by atoms with E-state index in [4.69, 9.17) is 5.26 Å². The van der Waals surface area contributed by atoms with E-state index in [0.29, 0.717) is 5.56 Å². The van der Waals surface area contributed by atoms with E-state index < -0.39 is 5.92 Å². The molecule has 0 bridgehead atoms. The molecule has 3 heteroatoms. The van der Waals surface area contributed by atoms with Gasteiger partial charge in [0.15, 0.2) is 5.78 Å². The summed E-state index contributed by atoms with van der Waals surface area (Å²) in [5.74, 6) is -0.643. The maximum Gasteiger partial charge on any atom is 0.182 e. The number of nitrogens with zero attached hydrogens (tertiary/aromatic N) is 1. The highest BCUT2D eigenvalue weighted by atomic mass is 16.1. The number of nitrogens with one attached hydrogen (secondary N) is 1. The van der Waals surface area contributed by atoms with Crippen LogP contribution in [0.4, 0.5) is 0 Å². The highest BCUT2D eigenvalue weighted by Gasteiger charge is 2.24. The van der Waals surface area contributed by atoms with Gasteiger partial charge in [0.2, 0.25) is 0 Å². The third kappa shape index (κ3) is 1.94. The van der Waals surface area contributed by atoms with Gasteiger partial charge in [-0.05, 0) is 12.0 Å². The van der Waals surface area contributed by atoms with Crippen LogP contribution in [0.15, 0.2) is 30.5 Å². The Kier molecular flexibility index (Phi) is 2.97. The number of ketones is 1. The Balaban J connectivity index is 2.47. The average Bonchev–Trinajstić information content (AvgIpc) is 2.72. The Hall–Kier alpha value is -2.08. The molecule has 1 atom stereocenters. The number of benzene rings is 1. The second kappa shape index (κ2) is 4.42. The summed E-state index contributed by atoms with van der Waals surface area (Å²) in [6.45, 7) is 3.78. The molecule has 0 aliphatic rings. The molecule has 0 saturated heterocycles. The molecule has 86 valence electrons. The zero-order valence-corrected chi connectivity index (χ0v) is 9.90. The first-order valence-corrected chi connectivity index (χ1v) is 5.65. The van der Waals surface area contributed by atoms with Crippen molar-refractivity contribution < 1.29 is 4.79 Å². The van der Waals surface area contributed by atoms with Crippen LogP contribution in [0.3, 0.4) is 0 Å². The lowest BCUT2D eigenvalue weighted by atomic mass is 9.89. The van der Waals surface area contributed by atoms with Crippen molar-refractivity contribution in [3.63, 3.8) is 0 Å². The number of carbonyl (C=O) groups excluding carboxylic acids is 1. The van der Waals surface area contributed by atoms with E-state index in [1.54, 1.807) is 6.20 Å². The minimum absolute atomic E-state index is 0.0289. The Bertz CT molecular complexity index is 590. The summed E-state index contributed by atoms with van der Waals surface area (Å²) in [5.41, 5.74) is 1.54. The van der Waals surface area contributed by atoms with Crippen molar-refractivity contribution in [1.29, 1.82) is 5.26 Å². The number of H-pyrrole nitrogens is 1. The number of Topliss-reactive ketones (excluding diaryl/α,β-unsaturated/α-hetero) is 1. The van der Waals surface area contributed by atoms with E-state index in [9.17, 15) is 4.79 Å². The topological polar surface area (TPSA) is 56.6 Å². The van der Waals surface area contributed by atoms with E-state index in [1.165, 1.54) is 0 Å². The average molecular weight is 226 g/mol. The number of carbonyl (C=O) groups is 1. The highest BCUT2D eigenvalue weighted by molar-refractivity contribution is 6.09. The van der Waals surface area contributed by atoms with Crippen LogP contribution in [0.25, 0.3) is 10.9 Å². The van der Waals surface area contributed by atoms with Gasteiger partial charge in [0.1, 0.15) is 5.92 Å². The molecular weight excluding hydrogens is 212 g/mol. The summed E-state index contributed by atoms with van der Waals surface area (Å²) < 4.78 is 0. The Morgan fingerprint density at radius 2 is 2.06 bits per heavy atom. The van der Waals surface area contributed by atoms with Gasteiger partial charge in [0.25, 0.3) is 0 Å². The number of hydrogen-bond donors (Lipinski definition) is 1. The third-order valence-corrected chi connectivity index (χ3v) is 2.94. The Labute approximate surface area is 100 Å². The second-order valence-electron chi connectivity index (χ2n) is 4.46. The maximum absolute atomic E-state index is 12.2. The van der Waals surface area contributed by atoms with E-state index >= 15 is 0 Å². The lowest BCUT2D eigenvalue weighted by Gasteiger charge is -2.10. The molecule has 1 unspecified atom stereocenters. The van der Waals surface area contributed by atoms with Crippen LogP contribution in [0.5, 0.6) is 0 Å². The maximum atomic E-state index is 12.2. The van der Waals surface area contributed by atoms with Gasteiger partial charge in [-0.25, -0.2) is 0 Å². The fourth-order valence-electron chi connectivity index (χ4n) is 1.95. The van der Waals surface area contributed by atoms with Gasteiger partial charge < -0.3 is 4.98 Å². The number of para-hydroxylation sites is 1. The van der Waals surface area contributed by atoms with E-state index in [-0.39, 0.29) is 11.7 Å². The molecule has 0 radical (unpaired) electrons. The summed E-state index contributed by atoms with van der Waals surface area (Å²) in [7, 11) is 0. The number of nitriles is 1. The zero-order chi connectivity index (χ0) is 12.4. The molecule has 0 amide bonds. The second-order valence-corrected chi connectivity index (χ2v) is 4.46. The van der Waals surface area contributed by atoms with Gasteiger partial charge >= 0.3 is 0 Å². The summed E-state index contributed by atoms with van der Waals surface area (Å²) in [6, 6.07) is 9.71. The van der Waals surface area contributed by atoms with Gasteiger partial charge in [-0.15, -0.1) is 0 Å². The summed E-state index contributed by atoms with van der Waals surface area (Å²) >= 11 is 0. The van der Waals surface area contributed by atoms with Gasteiger partial charge in [-0.3, -0.25) is 4.79 Å². The predicted octanol–water partition coefficient (Wildman–Crippen LogP) is 3.15. The van der Waals surface area contributed by atoms with Crippen LogP contribution in [-0.4, -0.2) is 10.8 Å². The van der Waals surface area contributed by atoms with Crippen LogP contribution >= 0.6 is 0 Å². The number of hydrogen-bond acceptors (Lipinski definition) is 2. The molecule has 1 heterocycles. The summed E-state index contributed by atoms with van der Waals surface area (Å²) in [4.78, 5) is 15.3. The highest BCUT2D eigenvalue weighted by Crippen LogP contribution is 2.23. The molecule has 3 nitrogen and oxygen atoms in total. The first-order chi connectivity index (χ1) is 8.15. The largest absolute Gasteiger partial charge is 0.360 e. The molecule has 1 aromatic heterocycles. The van der Waals surface area contributed by atoms with Crippen molar-refractivity contribution >= 4 is 16.7 Å². The molecule has 0 spiro atoms. The molecular formula is C14H14N2O. The van der Waals surface area contributed by atoms with Gasteiger partial charge in [-0.2, -0.15) is 5.26 Å². The van der Waals surface area contributed by atoms with E-state index in [1.807, 2.05) is 38.1 Å². The molecule has 0 saturated carbocycles. The smallest absolute Gasteiger partial charge is 0.182 e. The van der Waals surface area contributed by atoms with Gasteiger partial charge in [0.05, 0.1) is 6.07 Å².